The number of carboxylic acids is 1. The Morgan fingerprint density at radius 3 is 2.57 bits per heavy atom. The summed E-state index contributed by atoms with van der Waals surface area (Å²) in [6, 6.07) is -2.96. The summed E-state index contributed by atoms with van der Waals surface area (Å²) in [6.45, 7) is 1.76. The number of likely N-dealkylation sites (tertiary alicyclic amines) is 1. The van der Waals surface area contributed by atoms with Crippen molar-refractivity contribution >= 4 is 22.3 Å². The molecule has 0 aromatic rings. The third-order valence-corrected chi connectivity index (χ3v) is 4.72. The van der Waals surface area contributed by atoms with Gasteiger partial charge < -0.3 is 20.6 Å². The van der Waals surface area contributed by atoms with E-state index in [1.54, 1.807) is 0 Å². The molecule has 2 aliphatic heterocycles. The fourth-order valence-corrected chi connectivity index (χ4v) is 3.69. The molecule has 2 amide bonds. The fourth-order valence-electron chi connectivity index (χ4n) is 3.06. The van der Waals surface area contributed by atoms with E-state index in [0.717, 1.165) is 37.3 Å². The van der Waals surface area contributed by atoms with Crippen LogP contribution in [-0.2, 0) is 15.1 Å². The number of carbonyl (C=O) groups excluding carboxylic acids is 1. The second-order valence-electron chi connectivity index (χ2n) is 5.79. The number of aliphatic carboxylic acids is 1. The fraction of sp³-hybridized carbons (Fsp3) is 0.833. The van der Waals surface area contributed by atoms with E-state index < -0.39 is 34.4 Å². The number of nitrogens with one attached hydrogen (secondary N) is 3. The first-order valence-electron chi connectivity index (χ1n) is 7.53. The van der Waals surface area contributed by atoms with Gasteiger partial charge in [-0.15, -0.1) is 0 Å². The molecule has 2 saturated heterocycles. The molecule has 11 heteroatoms. The third-order valence-electron chi connectivity index (χ3n) is 4.12. The van der Waals surface area contributed by atoms with Crippen molar-refractivity contribution in [1.82, 2.24) is 20.3 Å². The lowest BCUT2D eigenvalue weighted by molar-refractivity contribution is -0.141. The van der Waals surface area contributed by atoms with Crippen LogP contribution < -0.4 is 15.4 Å². The summed E-state index contributed by atoms with van der Waals surface area (Å²) in [4.78, 5) is 24.9. The van der Waals surface area contributed by atoms with Crippen LogP contribution in [0.25, 0.3) is 0 Å². The second-order valence-corrected chi connectivity index (χ2v) is 6.98. The van der Waals surface area contributed by atoms with Crippen LogP contribution in [0.2, 0.25) is 0 Å². The number of hydrogen-bond donors (Lipinski definition) is 5. The molecule has 2 fully saturated rings. The molecular weight excluding hydrogens is 328 g/mol. The first-order valence-corrected chi connectivity index (χ1v) is 8.97. The third kappa shape index (κ3) is 5.03. The Hall–Kier alpha value is -1.43. The van der Waals surface area contributed by atoms with Crippen molar-refractivity contribution in [3.05, 3.63) is 0 Å². The molecule has 0 unspecified atom stereocenters. The van der Waals surface area contributed by atoms with Crippen LogP contribution >= 0.6 is 0 Å². The van der Waals surface area contributed by atoms with E-state index in [9.17, 15) is 23.1 Å². The molecular formula is C12H22N4O6S. The Morgan fingerprint density at radius 1 is 1.17 bits per heavy atom. The van der Waals surface area contributed by atoms with Crippen LogP contribution in [-0.4, -0.2) is 72.7 Å². The zero-order chi connectivity index (χ0) is 17.0. The number of carboxylic acid groups (broad SMARTS) is 1. The molecule has 23 heavy (non-hydrogen) atoms. The molecule has 0 aromatic carbocycles. The van der Waals surface area contributed by atoms with Gasteiger partial charge in [-0.1, -0.05) is 0 Å². The molecule has 2 aliphatic rings. The predicted molar refractivity (Wildman–Crippen MR) is 80.3 cm³/mol. The van der Waals surface area contributed by atoms with Crippen LogP contribution in [0.5, 0.6) is 0 Å². The summed E-state index contributed by atoms with van der Waals surface area (Å²) in [5.41, 5.74) is 0. The van der Waals surface area contributed by atoms with Crippen molar-refractivity contribution in [2.75, 3.05) is 19.6 Å². The summed E-state index contributed by atoms with van der Waals surface area (Å²) in [6.07, 6.45) is 2.59. The van der Waals surface area contributed by atoms with Gasteiger partial charge in [0.2, 0.25) is 0 Å². The van der Waals surface area contributed by atoms with Gasteiger partial charge in [-0.25, -0.2) is 9.59 Å². The van der Waals surface area contributed by atoms with Crippen LogP contribution in [0.4, 0.5) is 4.79 Å². The molecule has 2 rings (SSSR count). The molecule has 2 heterocycles. The minimum Gasteiger partial charge on any atom is -0.480 e. The highest BCUT2D eigenvalue weighted by Crippen LogP contribution is 2.20. The summed E-state index contributed by atoms with van der Waals surface area (Å²) < 4.78 is 32.5. The van der Waals surface area contributed by atoms with Crippen LogP contribution in [0, 0.1) is 0 Å². The van der Waals surface area contributed by atoms with E-state index in [0.29, 0.717) is 0 Å². The number of amides is 2. The lowest BCUT2D eigenvalue weighted by atomic mass is 10.1. The van der Waals surface area contributed by atoms with Crippen molar-refractivity contribution < 1.29 is 27.7 Å². The molecule has 0 spiro atoms. The Kier molecular flexibility index (Phi) is 5.79. The smallest absolute Gasteiger partial charge is 0.333 e. The van der Waals surface area contributed by atoms with E-state index in [1.165, 1.54) is 0 Å². The molecule has 132 valence electrons. The Morgan fingerprint density at radius 2 is 1.91 bits per heavy atom. The number of rotatable bonds is 4. The minimum absolute atomic E-state index is 0.0412. The van der Waals surface area contributed by atoms with Crippen LogP contribution in [0.15, 0.2) is 0 Å². The Labute approximate surface area is 134 Å². The van der Waals surface area contributed by atoms with Gasteiger partial charge in [0, 0.05) is 12.6 Å². The second kappa shape index (κ2) is 7.43. The van der Waals surface area contributed by atoms with Crippen LogP contribution in [0.3, 0.4) is 0 Å². The maximum atomic E-state index is 12.3. The van der Waals surface area contributed by atoms with Crippen molar-refractivity contribution in [2.24, 2.45) is 0 Å². The zero-order valence-electron chi connectivity index (χ0n) is 12.6. The SMILES string of the molecule is O=C(O)[C@@H]1[C@H](NS(=O)(=O)O)CCN1C(=O)N[C@@H]1CCCNCC1. The van der Waals surface area contributed by atoms with Gasteiger partial charge in [0.1, 0.15) is 6.04 Å². The van der Waals surface area contributed by atoms with Gasteiger partial charge in [-0.3, -0.25) is 4.55 Å². The first kappa shape index (κ1) is 17.9. The van der Waals surface area contributed by atoms with E-state index in [1.807, 2.05) is 4.72 Å². The van der Waals surface area contributed by atoms with E-state index in [-0.39, 0.29) is 19.0 Å². The average molecular weight is 350 g/mol. The molecule has 5 N–H and O–H groups in total. The molecule has 0 bridgehead atoms. The maximum absolute atomic E-state index is 12.3. The van der Waals surface area contributed by atoms with Gasteiger partial charge >= 0.3 is 22.3 Å². The Balaban J connectivity index is 2.02. The van der Waals surface area contributed by atoms with Gasteiger partial charge in [0.25, 0.3) is 0 Å². The lowest BCUT2D eigenvalue weighted by Gasteiger charge is -2.27. The average Bonchev–Trinajstić information content (AvgIpc) is 2.66. The molecule has 0 aliphatic carbocycles. The lowest BCUT2D eigenvalue weighted by Crippen LogP contribution is -2.54. The predicted octanol–water partition coefficient (Wildman–Crippen LogP) is -1.24. The number of hydrogen-bond acceptors (Lipinski definition) is 5. The number of nitrogens with zero attached hydrogens (tertiary/aromatic N) is 1. The van der Waals surface area contributed by atoms with Crippen molar-refractivity contribution in [1.29, 1.82) is 0 Å². The van der Waals surface area contributed by atoms with Gasteiger partial charge in [0.05, 0.1) is 6.04 Å². The number of urea groups is 1. The van der Waals surface area contributed by atoms with Crippen molar-refractivity contribution in [2.45, 2.75) is 43.8 Å². The highest BCUT2D eigenvalue weighted by Gasteiger charge is 2.43. The van der Waals surface area contributed by atoms with Crippen LogP contribution in [0.1, 0.15) is 25.7 Å². The first-order chi connectivity index (χ1) is 10.8. The monoisotopic (exact) mass is 350 g/mol. The molecule has 0 radical (unpaired) electrons. The topological polar surface area (TPSA) is 148 Å². The van der Waals surface area contributed by atoms with E-state index >= 15 is 0 Å². The quantitative estimate of drug-likeness (QED) is 0.398. The van der Waals surface area contributed by atoms with Gasteiger partial charge in [-0.2, -0.15) is 13.1 Å². The number of carbonyl (C=O) groups is 2. The molecule has 0 aromatic heterocycles. The summed E-state index contributed by atoms with van der Waals surface area (Å²) in [7, 11) is -4.54. The highest BCUT2D eigenvalue weighted by molar-refractivity contribution is 7.83. The minimum atomic E-state index is -4.54. The zero-order valence-corrected chi connectivity index (χ0v) is 13.4. The highest BCUT2D eigenvalue weighted by atomic mass is 32.2. The van der Waals surface area contributed by atoms with E-state index in [4.69, 9.17) is 4.55 Å². The molecule has 0 saturated carbocycles. The largest absolute Gasteiger partial charge is 0.480 e. The van der Waals surface area contributed by atoms with Gasteiger partial charge in [0.15, 0.2) is 0 Å². The summed E-state index contributed by atoms with van der Waals surface area (Å²) in [5, 5.41) is 15.3. The van der Waals surface area contributed by atoms with Crippen molar-refractivity contribution in [3.8, 4) is 0 Å². The maximum Gasteiger partial charge on any atom is 0.333 e. The van der Waals surface area contributed by atoms with Gasteiger partial charge in [-0.05, 0) is 38.8 Å². The van der Waals surface area contributed by atoms with Crippen molar-refractivity contribution in [3.63, 3.8) is 0 Å². The standard InChI is InChI=1S/C12H22N4O6S/c17-11(18)10-9(15-23(20,21)22)4-7-16(10)12(19)14-8-2-1-5-13-6-3-8/h8-10,13,15H,1-7H2,(H,14,19)(H,17,18)(H,20,21,22)/t8-,9-,10+/m1/s1. The normalized spacial score (nSPS) is 29.1. The van der Waals surface area contributed by atoms with E-state index in [2.05, 4.69) is 10.6 Å². The molecule has 10 nitrogen and oxygen atoms in total. The summed E-state index contributed by atoms with van der Waals surface area (Å²) in [5.74, 6) is -1.32. The summed E-state index contributed by atoms with van der Waals surface area (Å²) >= 11 is 0. The molecule has 3 atom stereocenters. The Bertz CT molecular complexity index is 546.